The number of halogens is 1. The summed E-state index contributed by atoms with van der Waals surface area (Å²) in [5.41, 5.74) is 0.631. The number of nitriles is 1. The molecular weight excluding hydrogens is 184 g/mol. The highest BCUT2D eigenvalue weighted by molar-refractivity contribution is 6.22. The van der Waals surface area contributed by atoms with Gasteiger partial charge in [0.05, 0.1) is 6.07 Å². The smallest absolute Gasteiger partial charge is 0.133 e. The normalized spacial score (nSPS) is 28.3. The second-order valence-corrected chi connectivity index (χ2v) is 4.96. The maximum Gasteiger partial charge on any atom is 0.133 e. The molecule has 0 aromatic rings. The summed E-state index contributed by atoms with van der Waals surface area (Å²) < 4.78 is 0. The molecule has 3 heteroatoms. The third-order valence-corrected chi connectivity index (χ3v) is 3.73. The maximum atomic E-state index is 8.59. The second kappa shape index (κ2) is 3.48. The highest BCUT2D eigenvalue weighted by Crippen LogP contribution is 2.47. The molecule has 0 bridgehead atoms. The van der Waals surface area contributed by atoms with Gasteiger partial charge < -0.3 is 4.90 Å². The van der Waals surface area contributed by atoms with Crippen molar-refractivity contribution in [2.24, 2.45) is 5.41 Å². The van der Waals surface area contributed by atoms with Crippen LogP contribution in [0, 0.1) is 16.7 Å². The molecule has 1 heterocycles. The molecular formula is C10H15ClN2. The lowest BCUT2D eigenvalue weighted by molar-refractivity contribution is 0.140. The summed E-state index contributed by atoms with van der Waals surface area (Å²) in [5, 5.41) is 8.26. The van der Waals surface area contributed by atoms with E-state index in [0.717, 1.165) is 13.1 Å². The lowest BCUT2D eigenvalue weighted by atomic mass is 9.68. The molecule has 1 atom stereocenters. The van der Waals surface area contributed by atoms with E-state index in [1.807, 2.05) is 0 Å². The Kier molecular flexibility index (Phi) is 2.49. The monoisotopic (exact) mass is 198 g/mol. The molecule has 0 radical (unpaired) electrons. The summed E-state index contributed by atoms with van der Waals surface area (Å²) in [5.74, 6) is 0. The largest absolute Gasteiger partial charge is 0.300 e. The summed E-state index contributed by atoms with van der Waals surface area (Å²) in [6, 6.07) is 2.08. The van der Waals surface area contributed by atoms with Gasteiger partial charge in [0.25, 0.3) is 0 Å². The van der Waals surface area contributed by atoms with Gasteiger partial charge >= 0.3 is 0 Å². The molecule has 1 saturated heterocycles. The van der Waals surface area contributed by atoms with Gasteiger partial charge in [0.1, 0.15) is 5.38 Å². The van der Waals surface area contributed by atoms with Gasteiger partial charge in [-0.2, -0.15) is 5.26 Å². The average Bonchev–Trinajstić information content (AvgIpc) is 2.48. The molecule has 1 aliphatic heterocycles. The average molecular weight is 199 g/mol. The van der Waals surface area contributed by atoms with E-state index in [1.165, 1.54) is 32.2 Å². The minimum Gasteiger partial charge on any atom is -0.300 e. The molecule has 13 heavy (non-hydrogen) atoms. The van der Waals surface area contributed by atoms with E-state index in [2.05, 4.69) is 11.0 Å². The molecule has 2 aliphatic rings. The summed E-state index contributed by atoms with van der Waals surface area (Å²) in [4.78, 5) is 2.35. The molecule has 0 aromatic heterocycles. The Hall–Kier alpha value is -0.260. The Labute approximate surface area is 84.5 Å². The van der Waals surface area contributed by atoms with E-state index in [-0.39, 0.29) is 5.38 Å². The molecule has 0 N–H and O–H groups in total. The first-order valence-electron chi connectivity index (χ1n) is 5.00. The highest BCUT2D eigenvalue weighted by atomic mass is 35.5. The Morgan fingerprint density at radius 2 is 2.23 bits per heavy atom. The van der Waals surface area contributed by atoms with Gasteiger partial charge in [-0.1, -0.05) is 6.42 Å². The topological polar surface area (TPSA) is 27.0 Å². The van der Waals surface area contributed by atoms with Crippen molar-refractivity contribution in [3.63, 3.8) is 0 Å². The molecule has 2 rings (SSSR count). The first kappa shape index (κ1) is 9.30. The molecule has 2 fully saturated rings. The van der Waals surface area contributed by atoms with Gasteiger partial charge in [-0.25, -0.2) is 0 Å². The van der Waals surface area contributed by atoms with E-state index in [0.29, 0.717) is 5.41 Å². The van der Waals surface area contributed by atoms with Crippen molar-refractivity contribution >= 4 is 11.6 Å². The maximum absolute atomic E-state index is 8.59. The van der Waals surface area contributed by atoms with Crippen molar-refractivity contribution in [2.75, 3.05) is 19.6 Å². The molecule has 1 unspecified atom stereocenters. The Balaban J connectivity index is 1.82. The van der Waals surface area contributed by atoms with Crippen LogP contribution in [0.5, 0.6) is 0 Å². The molecule has 1 spiro atoms. The minimum atomic E-state index is -0.324. The van der Waals surface area contributed by atoms with Crippen LogP contribution in [0.2, 0.25) is 0 Å². The quantitative estimate of drug-likeness (QED) is 0.635. The Bertz CT molecular complexity index is 230. The van der Waals surface area contributed by atoms with Gasteiger partial charge in [0.2, 0.25) is 0 Å². The van der Waals surface area contributed by atoms with Gasteiger partial charge in [-0.3, -0.25) is 0 Å². The van der Waals surface area contributed by atoms with Crippen LogP contribution in [0.15, 0.2) is 0 Å². The van der Waals surface area contributed by atoms with E-state index in [4.69, 9.17) is 16.9 Å². The Morgan fingerprint density at radius 1 is 1.46 bits per heavy atom. The van der Waals surface area contributed by atoms with Crippen molar-refractivity contribution in [2.45, 2.75) is 31.1 Å². The second-order valence-electron chi connectivity index (χ2n) is 4.44. The molecule has 0 amide bonds. The van der Waals surface area contributed by atoms with E-state index >= 15 is 0 Å². The van der Waals surface area contributed by atoms with Crippen LogP contribution in [-0.4, -0.2) is 29.9 Å². The molecule has 1 saturated carbocycles. The van der Waals surface area contributed by atoms with E-state index < -0.39 is 0 Å². The fourth-order valence-electron chi connectivity index (χ4n) is 2.54. The zero-order valence-corrected chi connectivity index (χ0v) is 8.56. The van der Waals surface area contributed by atoms with Gasteiger partial charge in [0.15, 0.2) is 0 Å². The summed E-state index contributed by atoms with van der Waals surface area (Å²) in [6.45, 7) is 3.07. The van der Waals surface area contributed by atoms with Crippen LogP contribution < -0.4 is 0 Å². The predicted octanol–water partition coefficient (Wildman–Crippen LogP) is 1.99. The van der Waals surface area contributed by atoms with Crippen LogP contribution in [-0.2, 0) is 0 Å². The van der Waals surface area contributed by atoms with Gasteiger partial charge in [0, 0.05) is 13.1 Å². The van der Waals surface area contributed by atoms with Crippen molar-refractivity contribution in [1.29, 1.82) is 5.26 Å². The summed E-state index contributed by atoms with van der Waals surface area (Å²) >= 11 is 5.80. The third-order valence-electron chi connectivity index (χ3n) is 3.49. The lowest BCUT2D eigenvalue weighted by Crippen LogP contribution is -2.35. The van der Waals surface area contributed by atoms with E-state index in [1.54, 1.807) is 0 Å². The summed E-state index contributed by atoms with van der Waals surface area (Å²) in [7, 11) is 0. The fraction of sp³-hybridized carbons (Fsp3) is 0.900. The number of nitrogens with zero attached hydrogens (tertiary/aromatic N) is 2. The number of alkyl halides is 1. The van der Waals surface area contributed by atoms with E-state index in [9.17, 15) is 0 Å². The SMILES string of the molecule is N#CC(Cl)CN1CCC2(CCC2)C1. The standard InChI is InChI=1S/C10H15ClN2/c11-9(6-12)7-13-5-4-10(8-13)2-1-3-10/h9H,1-5,7-8H2. The lowest BCUT2D eigenvalue weighted by Gasteiger charge is -2.38. The summed E-state index contributed by atoms with van der Waals surface area (Å²) in [6.07, 6.45) is 5.50. The van der Waals surface area contributed by atoms with Crippen molar-refractivity contribution < 1.29 is 0 Å². The predicted molar refractivity (Wildman–Crippen MR) is 52.6 cm³/mol. The number of hydrogen-bond donors (Lipinski definition) is 0. The molecule has 72 valence electrons. The first-order chi connectivity index (χ1) is 6.24. The Morgan fingerprint density at radius 3 is 2.69 bits per heavy atom. The van der Waals surface area contributed by atoms with Gasteiger partial charge in [-0.15, -0.1) is 11.6 Å². The van der Waals surface area contributed by atoms with Crippen LogP contribution in [0.4, 0.5) is 0 Å². The van der Waals surface area contributed by atoms with Crippen molar-refractivity contribution in [1.82, 2.24) is 4.90 Å². The first-order valence-corrected chi connectivity index (χ1v) is 5.44. The molecule has 2 nitrogen and oxygen atoms in total. The van der Waals surface area contributed by atoms with Crippen LogP contribution >= 0.6 is 11.6 Å². The van der Waals surface area contributed by atoms with Crippen LogP contribution in [0.1, 0.15) is 25.7 Å². The minimum absolute atomic E-state index is 0.324. The highest BCUT2D eigenvalue weighted by Gasteiger charge is 2.42. The van der Waals surface area contributed by atoms with Crippen LogP contribution in [0.25, 0.3) is 0 Å². The fourth-order valence-corrected chi connectivity index (χ4v) is 2.73. The zero-order chi connectivity index (χ0) is 9.31. The molecule has 1 aliphatic carbocycles. The van der Waals surface area contributed by atoms with Crippen LogP contribution in [0.3, 0.4) is 0 Å². The van der Waals surface area contributed by atoms with Crippen molar-refractivity contribution in [3.05, 3.63) is 0 Å². The number of rotatable bonds is 2. The van der Waals surface area contributed by atoms with Crippen molar-refractivity contribution in [3.8, 4) is 6.07 Å². The number of likely N-dealkylation sites (tertiary alicyclic amines) is 1. The molecule has 0 aromatic carbocycles. The zero-order valence-electron chi connectivity index (χ0n) is 7.80. The third kappa shape index (κ3) is 1.82. The number of hydrogen-bond acceptors (Lipinski definition) is 2. The van der Waals surface area contributed by atoms with Gasteiger partial charge in [-0.05, 0) is 31.2 Å².